The molecule has 0 fully saturated rings. The Bertz CT molecular complexity index is 493. The van der Waals surface area contributed by atoms with Crippen molar-refractivity contribution in [3.05, 3.63) is 11.7 Å². The molecule has 1 rings (SSSR count). The molecular formula is C13H22N4O4. The zero-order chi connectivity index (χ0) is 16.0. The molecule has 0 saturated carbocycles. The molecular weight excluding hydrogens is 276 g/mol. The summed E-state index contributed by atoms with van der Waals surface area (Å²) in [6.07, 6.45) is 0.479. The van der Waals surface area contributed by atoms with Crippen LogP contribution in [0, 0.1) is 18.3 Å². The zero-order valence-electron chi connectivity index (χ0n) is 12.8. The lowest BCUT2D eigenvalue weighted by Gasteiger charge is -2.23. The molecule has 3 N–H and O–H groups in total. The van der Waals surface area contributed by atoms with Crippen molar-refractivity contribution < 1.29 is 19.2 Å². The maximum atomic E-state index is 11.6. The minimum absolute atomic E-state index is 0.0731. The predicted octanol–water partition coefficient (Wildman–Crippen LogP) is 1.31. The van der Waals surface area contributed by atoms with Crippen LogP contribution in [0.15, 0.2) is 4.52 Å². The van der Waals surface area contributed by atoms with E-state index in [4.69, 9.17) is 9.63 Å². The van der Waals surface area contributed by atoms with Crippen molar-refractivity contribution in [1.82, 2.24) is 20.8 Å². The molecule has 118 valence electrons. The quantitative estimate of drug-likeness (QED) is 0.729. The second-order valence-electron chi connectivity index (χ2n) is 6.09. The highest BCUT2D eigenvalue weighted by molar-refractivity contribution is 5.75. The van der Waals surface area contributed by atoms with Gasteiger partial charge in [-0.2, -0.15) is 4.98 Å². The molecule has 1 unspecified atom stereocenters. The van der Waals surface area contributed by atoms with E-state index in [0.717, 1.165) is 0 Å². The summed E-state index contributed by atoms with van der Waals surface area (Å²) < 4.78 is 4.77. The number of hydrogen-bond acceptors (Lipinski definition) is 5. The molecule has 8 heteroatoms. The Labute approximate surface area is 123 Å². The van der Waals surface area contributed by atoms with Gasteiger partial charge in [0.15, 0.2) is 5.82 Å². The van der Waals surface area contributed by atoms with Crippen LogP contribution in [0.1, 0.15) is 38.9 Å². The number of rotatable bonds is 6. The zero-order valence-corrected chi connectivity index (χ0v) is 12.8. The van der Waals surface area contributed by atoms with Crippen molar-refractivity contribution in [3.63, 3.8) is 0 Å². The third-order valence-corrected chi connectivity index (χ3v) is 2.69. The van der Waals surface area contributed by atoms with Crippen LogP contribution in [0.2, 0.25) is 0 Å². The van der Waals surface area contributed by atoms with Crippen LogP contribution in [0.25, 0.3) is 0 Å². The molecule has 0 saturated heterocycles. The van der Waals surface area contributed by atoms with Gasteiger partial charge in [-0.25, -0.2) is 4.79 Å². The third kappa shape index (κ3) is 6.73. The van der Waals surface area contributed by atoms with Crippen molar-refractivity contribution >= 4 is 12.0 Å². The van der Waals surface area contributed by atoms with Crippen LogP contribution in [-0.4, -0.2) is 33.8 Å². The lowest BCUT2D eigenvalue weighted by atomic mass is 9.84. The van der Waals surface area contributed by atoms with Gasteiger partial charge in [-0.15, -0.1) is 0 Å². The van der Waals surface area contributed by atoms with Crippen molar-refractivity contribution in [2.75, 3.05) is 6.54 Å². The first kappa shape index (κ1) is 16.9. The monoisotopic (exact) mass is 298 g/mol. The summed E-state index contributed by atoms with van der Waals surface area (Å²) in [5.74, 6) is -0.752. The average Bonchev–Trinajstić information content (AvgIpc) is 2.76. The van der Waals surface area contributed by atoms with Crippen molar-refractivity contribution in [2.45, 2.75) is 40.7 Å². The maximum absolute atomic E-state index is 11.6. The van der Waals surface area contributed by atoms with E-state index in [1.54, 1.807) is 6.92 Å². The number of hydrogen-bond donors (Lipinski definition) is 3. The Hall–Kier alpha value is -2.12. The van der Waals surface area contributed by atoms with Gasteiger partial charge in [0, 0.05) is 13.5 Å². The Morgan fingerprint density at radius 2 is 2.00 bits per heavy atom. The number of nitrogens with one attached hydrogen (secondary N) is 2. The molecule has 8 nitrogen and oxygen atoms in total. The highest BCUT2D eigenvalue weighted by Gasteiger charge is 2.24. The second kappa shape index (κ2) is 7.05. The van der Waals surface area contributed by atoms with Gasteiger partial charge < -0.3 is 20.3 Å². The van der Waals surface area contributed by atoms with Gasteiger partial charge in [0.05, 0.1) is 12.5 Å². The largest absolute Gasteiger partial charge is 0.481 e. The molecule has 0 spiro atoms. The Morgan fingerprint density at radius 3 is 2.48 bits per heavy atom. The lowest BCUT2D eigenvalue weighted by Crippen LogP contribution is -2.40. The number of carbonyl (C=O) groups is 2. The van der Waals surface area contributed by atoms with Gasteiger partial charge in [0.25, 0.3) is 0 Å². The number of urea groups is 1. The number of aromatic nitrogens is 2. The average molecular weight is 298 g/mol. The fourth-order valence-electron chi connectivity index (χ4n) is 1.84. The van der Waals surface area contributed by atoms with Gasteiger partial charge in [-0.3, -0.25) is 4.79 Å². The third-order valence-electron chi connectivity index (χ3n) is 2.69. The summed E-state index contributed by atoms with van der Waals surface area (Å²) >= 11 is 0. The van der Waals surface area contributed by atoms with Crippen LogP contribution >= 0.6 is 0 Å². The summed E-state index contributed by atoms with van der Waals surface area (Å²) in [4.78, 5) is 26.7. The number of carboxylic acids is 1. The topological polar surface area (TPSA) is 117 Å². The first-order valence-corrected chi connectivity index (χ1v) is 6.71. The second-order valence-corrected chi connectivity index (χ2v) is 6.09. The summed E-state index contributed by atoms with van der Waals surface area (Å²) in [7, 11) is 0. The number of amides is 2. The lowest BCUT2D eigenvalue weighted by molar-refractivity contribution is -0.142. The van der Waals surface area contributed by atoms with Crippen LogP contribution in [0.3, 0.4) is 0 Å². The first-order chi connectivity index (χ1) is 9.67. The summed E-state index contributed by atoms with van der Waals surface area (Å²) in [6, 6.07) is -0.461. The molecule has 1 aromatic rings. The highest BCUT2D eigenvalue weighted by Crippen LogP contribution is 2.24. The highest BCUT2D eigenvalue weighted by atomic mass is 16.5. The molecule has 1 atom stereocenters. The minimum Gasteiger partial charge on any atom is -0.481 e. The molecule has 0 radical (unpaired) electrons. The molecule has 21 heavy (non-hydrogen) atoms. The van der Waals surface area contributed by atoms with Crippen LogP contribution < -0.4 is 10.6 Å². The van der Waals surface area contributed by atoms with E-state index in [-0.39, 0.29) is 18.5 Å². The molecule has 0 aromatic carbocycles. The van der Waals surface area contributed by atoms with E-state index in [9.17, 15) is 9.59 Å². The number of aliphatic carboxylic acids is 1. The van der Waals surface area contributed by atoms with Gasteiger partial charge in [-0.1, -0.05) is 25.9 Å². The molecule has 0 aliphatic carbocycles. The Kier molecular flexibility index (Phi) is 5.69. The summed E-state index contributed by atoms with van der Waals surface area (Å²) in [5, 5.41) is 17.9. The van der Waals surface area contributed by atoms with Crippen molar-refractivity contribution in [3.8, 4) is 0 Å². The molecule has 1 aromatic heterocycles. The minimum atomic E-state index is -0.918. The van der Waals surface area contributed by atoms with Gasteiger partial charge in [-0.05, 0) is 11.8 Å². The van der Waals surface area contributed by atoms with Crippen LogP contribution in [-0.2, 0) is 11.3 Å². The number of nitrogens with zero attached hydrogens (tertiary/aromatic N) is 2. The molecule has 1 heterocycles. The summed E-state index contributed by atoms with van der Waals surface area (Å²) in [5.41, 5.74) is -0.122. The molecule has 0 bridgehead atoms. The fraction of sp³-hybridized carbons (Fsp3) is 0.692. The van der Waals surface area contributed by atoms with Crippen LogP contribution in [0.4, 0.5) is 4.79 Å². The molecule has 2 amide bonds. The molecule has 0 aliphatic rings. The Morgan fingerprint density at radius 1 is 1.33 bits per heavy atom. The van der Waals surface area contributed by atoms with E-state index in [1.807, 2.05) is 20.8 Å². The van der Waals surface area contributed by atoms with Gasteiger partial charge in [0.2, 0.25) is 5.89 Å². The number of carbonyl (C=O) groups excluding carboxylic acids is 1. The van der Waals surface area contributed by atoms with E-state index in [1.165, 1.54) is 0 Å². The van der Waals surface area contributed by atoms with Crippen molar-refractivity contribution in [1.29, 1.82) is 0 Å². The first-order valence-electron chi connectivity index (χ1n) is 6.71. The van der Waals surface area contributed by atoms with Gasteiger partial charge in [0.1, 0.15) is 0 Å². The summed E-state index contributed by atoms with van der Waals surface area (Å²) in [6.45, 7) is 7.73. The maximum Gasteiger partial charge on any atom is 0.315 e. The van der Waals surface area contributed by atoms with E-state index in [0.29, 0.717) is 18.1 Å². The fourth-order valence-corrected chi connectivity index (χ4v) is 1.84. The normalized spacial score (nSPS) is 12.8. The van der Waals surface area contributed by atoms with Crippen LogP contribution in [0.5, 0.6) is 0 Å². The van der Waals surface area contributed by atoms with E-state index >= 15 is 0 Å². The SMILES string of the molecule is Cc1nc(CNC(=O)NCC(CC(C)(C)C)C(=O)O)no1. The Balaban J connectivity index is 2.37. The standard InChI is InChI=1S/C13H22N4O4/c1-8-16-10(17-21-8)7-15-12(20)14-6-9(11(18)19)5-13(2,3)4/h9H,5-7H2,1-4H3,(H,18,19)(H2,14,15,20). The van der Waals surface area contributed by atoms with E-state index in [2.05, 4.69) is 20.8 Å². The number of aryl methyl sites for hydroxylation is 1. The predicted molar refractivity (Wildman–Crippen MR) is 74.5 cm³/mol. The van der Waals surface area contributed by atoms with Crippen molar-refractivity contribution in [2.24, 2.45) is 11.3 Å². The van der Waals surface area contributed by atoms with E-state index < -0.39 is 17.9 Å². The number of carboxylic acid groups (broad SMARTS) is 1. The smallest absolute Gasteiger partial charge is 0.315 e. The molecule has 0 aliphatic heterocycles. The van der Waals surface area contributed by atoms with Gasteiger partial charge >= 0.3 is 12.0 Å².